The van der Waals surface area contributed by atoms with Gasteiger partial charge in [0.15, 0.2) is 5.96 Å². The molecular weight excluding hydrogens is 479 g/mol. The number of hydrogen-bond acceptors (Lipinski definition) is 4. The van der Waals surface area contributed by atoms with E-state index in [1.54, 1.807) is 6.26 Å². The molecule has 0 saturated carbocycles. The van der Waals surface area contributed by atoms with E-state index in [-0.39, 0.29) is 30.0 Å². The number of guanidine groups is 1. The van der Waals surface area contributed by atoms with Crippen LogP contribution < -0.4 is 15.4 Å². The van der Waals surface area contributed by atoms with Gasteiger partial charge in [0.2, 0.25) is 0 Å². The molecule has 0 bridgehead atoms. The summed E-state index contributed by atoms with van der Waals surface area (Å²) in [6.07, 6.45) is 4.26. The second-order valence-corrected chi connectivity index (χ2v) is 6.93. The fraction of sp³-hybridized carbons (Fsp3) is 0.500. The molecule has 1 aromatic heterocycles. The highest BCUT2D eigenvalue weighted by Gasteiger charge is 2.25. The zero-order chi connectivity index (χ0) is 19.6. The molecule has 0 spiro atoms. The third-order valence-electron chi connectivity index (χ3n) is 4.89. The SMILES string of the molecule is CCNC(=NCc1cccc(OCC)c1)NCC(c1ccco1)N1CCCC1.I. The lowest BCUT2D eigenvalue weighted by atomic mass is 10.2. The molecule has 160 valence electrons. The first-order valence-corrected chi connectivity index (χ1v) is 10.3. The van der Waals surface area contributed by atoms with Crippen LogP contribution in [0, 0.1) is 0 Å². The molecule has 29 heavy (non-hydrogen) atoms. The number of hydrogen-bond donors (Lipinski definition) is 2. The Morgan fingerprint density at radius 1 is 1.17 bits per heavy atom. The van der Waals surface area contributed by atoms with Crippen LogP contribution in [0.4, 0.5) is 0 Å². The number of nitrogens with one attached hydrogen (secondary N) is 2. The number of likely N-dealkylation sites (tertiary alicyclic amines) is 1. The molecule has 2 N–H and O–H groups in total. The first kappa shape index (κ1) is 23.5. The van der Waals surface area contributed by atoms with Gasteiger partial charge in [-0.05, 0) is 69.6 Å². The van der Waals surface area contributed by atoms with E-state index in [2.05, 4.69) is 34.6 Å². The van der Waals surface area contributed by atoms with Gasteiger partial charge < -0.3 is 19.8 Å². The van der Waals surface area contributed by atoms with Crippen LogP contribution in [0.1, 0.15) is 44.1 Å². The number of aliphatic imine (C=N–C) groups is 1. The molecular formula is C22H33IN4O2. The molecule has 0 aliphatic carbocycles. The van der Waals surface area contributed by atoms with Gasteiger partial charge >= 0.3 is 0 Å². The Kier molecular flexibility index (Phi) is 10.3. The molecule has 6 nitrogen and oxygen atoms in total. The van der Waals surface area contributed by atoms with E-state index in [0.29, 0.717) is 13.2 Å². The maximum Gasteiger partial charge on any atom is 0.191 e. The average molecular weight is 512 g/mol. The smallest absolute Gasteiger partial charge is 0.191 e. The van der Waals surface area contributed by atoms with Crippen molar-refractivity contribution in [1.82, 2.24) is 15.5 Å². The fourth-order valence-corrected chi connectivity index (χ4v) is 3.55. The molecule has 1 saturated heterocycles. The zero-order valence-corrected chi connectivity index (χ0v) is 19.7. The highest BCUT2D eigenvalue weighted by molar-refractivity contribution is 14.0. The van der Waals surface area contributed by atoms with Crippen LogP contribution in [0.2, 0.25) is 0 Å². The van der Waals surface area contributed by atoms with Crippen molar-refractivity contribution < 1.29 is 9.15 Å². The van der Waals surface area contributed by atoms with Gasteiger partial charge in [-0.2, -0.15) is 0 Å². The van der Waals surface area contributed by atoms with Gasteiger partial charge in [0.1, 0.15) is 11.5 Å². The summed E-state index contributed by atoms with van der Waals surface area (Å²) in [6, 6.07) is 12.4. The van der Waals surface area contributed by atoms with E-state index in [9.17, 15) is 0 Å². The topological polar surface area (TPSA) is 62.0 Å². The quantitative estimate of drug-likeness (QED) is 0.300. The minimum atomic E-state index is 0. The van der Waals surface area contributed by atoms with Gasteiger partial charge in [0.25, 0.3) is 0 Å². The second-order valence-electron chi connectivity index (χ2n) is 6.93. The van der Waals surface area contributed by atoms with Crippen LogP contribution in [0.25, 0.3) is 0 Å². The average Bonchev–Trinajstić information content (AvgIpc) is 3.41. The Hall–Kier alpha value is -1.74. The number of halogens is 1. The van der Waals surface area contributed by atoms with Gasteiger partial charge in [0.05, 0.1) is 25.5 Å². The predicted octanol–water partition coefficient (Wildman–Crippen LogP) is 4.19. The zero-order valence-electron chi connectivity index (χ0n) is 17.4. The van der Waals surface area contributed by atoms with E-state index in [1.807, 2.05) is 31.2 Å². The summed E-state index contributed by atoms with van der Waals surface area (Å²) in [5, 5.41) is 6.84. The molecule has 1 aliphatic heterocycles. The number of furan rings is 1. The summed E-state index contributed by atoms with van der Waals surface area (Å²) in [7, 11) is 0. The van der Waals surface area contributed by atoms with Crippen LogP contribution >= 0.6 is 24.0 Å². The molecule has 0 amide bonds. The lowest BCUT2D eigenvalue weighted by Gasteiger charge is -2.26. The molecule has 1 atom stereocenters. The summed E-state index contributed by atoms with van der Waals surface area (Å²) in [4.78, 5) is 7.24. The molecule has 7 heteroatoms. The van der Waals surface area contributed by atoms with Crippen LogP contribution in [-0.4, -0.2) is 43.6 Å². The monoisotopic (exact) mass is 512 g/mol. The standard InChI is InChI=1S/C22H32N4O2.HI/c1-3-23-22(24-16-18-9-7-10-19(15-18)27-4-2)25-17-20(21-11-8-14-28-21)26-12-5-6-13-26;/h7-11,14-15,20H,3-6,12-13,16-17H2,1-2H3,(H2,23,24,25);1H. The summed E-state index contributed by atoms with van der Waals surface area (Å²) >= 11 is 0. The van der Waals surface area contributed by atoms with Gasteiger partial charge in [-0.3, -0.25) is 4.90 Å². The van der Waals surface area contributed by atoms with Crippen molar-refractivity contribution in [3.05, 3.63) is 54.0 Å². The Balaban J connectivity index is 0.00000300. The molecule has 3 rings (SSSR count). The number of ether oxygens (including phenoxy) is 1. The third-order valence-corrected chi connectivity index (χ3v) is 4.89. The molecule has 1 aromatic carbocycles. The van der Waals surface area contributed by atoms with Crippen molar-refractivity contribution in [1.29, 1.82) is 0 Å². The Morgan fingerprint density at radius 2 is 2.00 bits per heavy atom. The summed E-state index contributed by atoms with van der Waals surface area (Å²) in [6.45, 7) is 9.16. The first-order chi connectivity index (χ1) is 13.8. The Bertz CT molecular complexity index is 730. The van der Waals surface area contributed by atoms with Gasteiger partial charge in [-0.25, -0.2) is 4.99 Å². The number of nitrogens with zero attached hydrogens (tertiary/aromatic N) is 2. The predicted molar refractivity (Wildman–Crippen MR) is 128 cm³/mol. The molecule has 1 unspecified atom stereocenters. The van der Waals surface area contributed by atoms with E-state index >= 15 is 0 Å². The molecule has 0 radical (unpaired) electrons. The van der Waals surface area contributed by atoms with Crippen molar-refractivity contribution in [2.45, 2.75) is 39.3 Å². The van der Waals surface area contributed by atoms with Crippen LogP contribution in [0.15, 0.2) is 52.1 Å². The van der Waals surface area contributed by atoms with Crippen LogP contribution in [0.5, 0.6) is 5.75 Å². The largest absolute Gasteiger partial charge is 0.494 e. The van der Waals surface area contributed by atoms with Gasteiger partial charge in [-0.15, -0.1) is 24.0 Å². The van der Waals surface area contributed by atoms with E-state index in [1.165, 1.54) is 12.8 Å². The minimum Gasteiger partial charge on any atom is -0.494 e. The van der Waals surface area contributed by atoms with E-state index in [0.717, 1.165) is 49.2 Å². The Morgan fingerprint density at radius 3 is 2.69 bits per heavy atom. The third kappa shape index (κ3) is 7.22. The van der Waals surface area contributed by atoms with Crippen LogP contribution in [0.3, 0.4) is 0 Å². The fourth-order valence-electron chi connectivity index (χ4n) is 3.55. The van der Waals surface area contributed by atoms with Gasteiger partial charge in [-0.1, -0.05) is 12.1 Å². The van der Waals surface area contributed by atoms with Gasteiger partial charge in [0, 0.05) is 13.1 Å². The maximum absolute atomic E-state index is 5.71. The highest BCUT2D eigenvalue weighted by Crippen LogP contribution is 2.24. The summed E-state index contributed by atoms with van der Waals surface area (Å²) < 4.78 is 11.3. The molecule has 1 fully saturated rings. The number of benzene rings is 1. The molecule has 2 heterocycles. The normalized spacial score (nSPS) is 15.6. The van der Waals surface area contributed by atoms with E-state index in [4.69, 9.17) is 14.1 Å². The van der Waals surface area contributed by atoms with Crippen molar-refractivity contribution >= 4 is 29.9 Å². The lowest BCUT2D eigenvalue weighted by molar-refractivity contribution is 0.215. The number of rotatable bonds is 9. The van der Waals surface area contributed by atoms with Crippen molar-refractivity contribution in [3.8, 4) is 5.75 Å². The Labute approximate surface area is 191 Å². The molecule has 2 aromatic rings. The lowest BCUT2D eigenvalue weighted by Crippen LogP contribution is -2.42. The minimum absolute atomic E-state index is 0. The second kappa shape index (κ2) is 12.7. The van der Waals surface area contributed by atoms with Crippen molar-refractivity contribution in [2.75, 3.05) is 32.8 Å². The van der Waals surface area contributed by atoms with E-state index < -0.39 is 0 Å². The maximum atomic E-state index is 5.71. The first-order valence-electron chi connectivity index (χ1n) is 10.3. The van der Waals surface area contributed by atoms with Crippen LogP contribution in [-0.2, 0) is 6.54 Å². The highest BCUT2D eigenvalue weighted by atomic mass is 127. The van der Waals surface area contributed by atoms with Crippen molar-refractivity contribution in [2.24, 2.45) is 4.99 Å². The summed E-state index contributed by atoms with van der Waals surface area (Å²) in [5.74, 6) is 2.72. The summed E-state index contributed by atoms with van der Waals surface area (Å²) in [5.41, 5.74) is 1.13. The molecule has 1 aliphatic rings. The van der Waals surface area contributed by atoms with Crippen molar-refractivity contribution in [3.63, 3.8) is 0 Å².